The summed E-state index contributed by atoms with van der Waals surface area (Å²) in [5, 5.41) is -0.360. The zero-order valence-corrected chi connectivity index (χ0v) is 17.4. The van der Waals surface area contributed by atoms with Crippen LogP contribution in [0.5, 0.6) is 5.75 Å². The first kappa shape index (κ1) is 21.0. The van der Waals surface area contributed by atoms with Gasteiger partial charge in [-0.15, -0.1) is 0 Å². The van der Waals surface area contributed by atoms with Crippen LogP contribution in [0.1, 0.15) is 45.1 Å². The van der Waals surface area contributed by atoms with Gasteiger partial charge in [0.2, 0.25) is 0 Å². The standard InChI is InChI=1S/C21H27F2NO3S/c1-13(2)28(25,26)12-14-4-6-15(7-5-14)17-11-24-21(20(17)23)16-8-9-19(27-3)18(22)10-16/h8-10,13-15H,4-7,11-12H2,1-3H3. The molecule has 0 spiro atoms. The van der Waals surface area contributed by atoms with Gasteiger partial charge in [0.15, 0.2) is 21.4 Å². The second-order valence-electron chi connectivity index (χ2n) is 7.95. The predicted molar refractivity (Wildman–Crippen MR) is 107 cm³/mol. The highest BCUT2D eigenvalue weighted by Gasteiger charge is 2.32. The molecule has 0 atom stereocenters. The SMILES string of the molecule is COc1ccc(C2=NCC(C3CCC(CS(=O)(=O)C(C)C)CC3)=C2F)cc1F. The Balaban J connectivity index is 1.67. The van der Waals surface area contributed by atoms with Gasteiger partial charge in [-0.1, -0.05) is 0 Å². The minimum atomic E-state index is -3.05. The van der Waals surface area contributed by atoms with Crippen LogP contribution < -0.4 is 4.74 Å². The van der Waals surface area contributed by atoms with E-state index >= 15 is 4.39 Å². The van der Waals surface area contributed by atoms with Gasteiger partial charge in [0.25, 0.3) is 0 Å². The summed E-state index contributed by atoms with van der Waals surface area (Å²) in [4.78, 5) is 4.31. The van der Waals surface area contributed by atoms with Crippen LogP contribution in [0.4, 0.5) is 8.78 Å². The summed E-state index contributed by atoms with van der Waals surface area (Å²) in [7, 11) is -1.67. The lowest BCUT2D eigenvalue weighted by atomic mass is 9.79. The Morgan fingerprint density at radius 2 is 1.86 bits per heavy atom. The zero-order chi connectivity index (χ0) is 20.5. The van der Waals surface area contributed by atoms with E-state index in [0.717, 1.165) is 25.7 Å². The van der Waals surface area contributed by atoms with E-state index in [1.54, 1.807) is 19.9 Å². The van der Waals surface area contributed by atoms with E-state index in [1.165, 1.54) is 19.2 Å². The fourth-order valence-electron chi connectivity index (χ4n) is 3.99. The predicted octanol–water partition coefficient (Wildman–Crippen LogP) is 4.49. The number of nitrogens with zero attached hydrogens (tertiary/aromatic N) is 1. The van der Waals surface area contributed by atoms with E-state index in [1.807, 2.05) is 0 Å². The molecule has 1 aromatic rings. The van der Waals surface area contributed by atoms with Crippen LogP contribution >= 0.6 is 0 Å². The molecule has 154 valence electrons. The Bertz CT molecular complexity index is 898. The average Bonchev–Trinajstić information content (AvgIpc) is 3.03. The number of ether oxygens (including phenoxy) is 1. The summed E-state index contributed by atoms with van der Waals surface area (Å²) < 4.78 is 58.1. The molecule has 3 rings (SSSR count). The van der Waals surface area contributed by atoms with Crippen LogP contribution in [-0.2, 0) is 9.84 Å². The van der Waals surface area contributed by atoms with E-state index in [4.69, 9.17) is 4.74 Å². The number of aliphatic imine (C=N–C) groups is 1. The topological polar surface area (TPSA) is 55.7 Å². The van der Waals surface area contributed by atoms with Crippen LogP contribution in [0.25, 0.3) is 0 Å². The van der Waals surface area contributed by atoms with Gasteiger partial charge in [-0.3, -0.25) is 4.99 Å². The Hall–Kier alpha value is -1.76. The monoisotopic (exact) mass is 411 g/mol. The van der Waals surface area contributed by atoms with Gasteiger partial charge >= 0.3 is 0 Å². The second kappa shape index (κ2) is 8.31. The zero-order valence-electron chi connectivity index (χ0n) is 16.5. The van der Waals surface area contributed by atoms with E-state index in [2.05, 4.69) is 4.99 Å². The molecular weight excluding hydrogens is 384 g/mol. The molecule has 0 aromatic heterocycles. The van der Waals surface area contributed by atoms with Crippen molar-refractivity contribution < 1.29 is 21.9 Å². The molecular formula is C21H27F2NO3S. The molecule has 1 heterocycles. The normalized spacial score (nSPS) is 23.3. The molecule has 0 N–H and O–H groups in total. The number of sulfone groups is 1. The van der Waals surface area contributed by atoms with Crippen molar-refractivity contribution in [2.75, 3.05) is 19.4 Å². The van der Waals surface area contributed by atoms with Crippen molar-refractivity contribution in [1.29, 1.82) is 0 Å². The van der Waals surface area contributed by atoms with Gasteiger partial charge < -0.3 is 4.74 Å². The highest BCUT2D eigenvalue weighted by atomic mass is 32.2. The Morgan fingerprint density at radius 3 is 2.43 bits per heavy atom. The number of rotatable bonds is 6. The lowest BCUT2D eigenvalue weighted by molar-refractivity contribution is 0.316. The van der Waals surface area contributed by atoms with Crippen LogP contribution in [-0.4, -0.2) is 38.8 Å². The first-order chi connectivity index (χ1) is 13.2. The van der Waals surface area contributed by atoms with Gasteiger partial charge in [0, 0.05) is 5.56 Å². The smallest absolute Gasteiger partial charge is 0.165 e. The summed E-state index contributed by atoms with van der Waals surface area (Å²) in [6.07, 6.45) is 3.08. The maximum Gasteiger partial charge on any atom is 0.165 e. The minimum Gasteiger partial charge on any atom is -0.494 e. The average molecular weight is 412 g/mol. The summed E-state index contributed by atoms with van der Waals surface area (Å²) in [5.74, 6) is -0.362. The Kier molecular flexibility index (Phi) is 6.22. The number of hydrogen-bond donors (Lipinski definition) is 0. The highest BCUT2D eigenvalue weighted by Crippen LogP contribution is 2.38. The van der Waals surface area contributed by atoms with Gasteiger partial charge in [-0.25, -0.2) is 17.2 Å². The third-order valence-corrected chi connectivity index (χ3v) is 8.22. The lowest BCUT2D eigenvalue weighted by Gasteiger charge is -2.29. The van der Waals surface area contributed by atoms with Crippen molar-refractivity contribution in [1.82, 2.24) is 0 Å². The Labute approximate surface area is 165 Å². The van der Waals surface area contributed by atoms with Crippen molar-refractivity contribution in [2.24, 2.45) is 16.8 Å². The molecule has 7 heteroatoms. The molecule has 1 aliphatic heterocycles. The van der Waals surface area contributed by atoms with E-state index in [9.17, 15) is 12.8 Å². The van der Waals surface area contributed by atoms with Gasteiger partial charge in [-0.2, -0.15) is 0 Å². The molecule has 28 heavy (non-hydrogen) atoms. The molecule has 0 saturated heterocycles. The molecule has 1 aromatic carbocycles. The molecule has 0 amide bonds. The van der Waals surface area contributed by atoms with Crippen molar-refractivity contribution in [3.8, 4) is 5.75 Å². The number of methoxy groups -OCH3 is 1. The van der Waals surface area contributed by atoms with E-state index < -0.39 is 15.7 Å². The van der Waals surface area contributed by atoms with Crippen molar-refractivity contribution in [2.45, 2.75) is 44.8 Å². The van der Waals surface area contributed by atoms with Crippen LogP contribution in [0.3, 0.4) is 0 Å². The molecule has 4 nitrogen and oxygen atoms in total. The lowest BCUT2D eigenvalue weighted by Crippen LogP contribution is -2.27. The first-order valence-electron chi connectivity index (χ1n) is 9.71. The molecule has 0 unspecified atom stereocenters. The number of halogens is 2. The van der Waals surface area contributed by atoms with E-state index in [0.29, 0.717) is 11.1 Å². The van der Waals surface area contributed by atoms with Gasteiger partial charge in [0.1, 0.15) is 11.5 Å². The highest BCUT2D eigenvalue weighted by molar-refractivity contribution is 7.91. The summed E-state index contributed by atoms with van der Waals surface area (Å²) >= 11 is 0. The maximum atomic E-state index is 15.0. The minimum absolute atomic E-state index is 0.0716. The summed E-state index contributed by atoms with van der Waals surface area (Å²) in [6, 6.07) is 4.32. The fourth-order valence-corrected chi connectivity index (χ4v) is 5.37. The maximum absolute atomic E-state index is 15.0. The van der Waals surface area contributed by atoms with Gasteiger partial charge in [-0.05, 0) is 75.1 Å². The molecule has 0 radical (unpaired) electrons. The molecule has 0 bridgehead atoms. The van der Waals surface area contributed by atoms with Crippen LogP contribution in [0.15, 0.2) is 34.6 Å². The third-order valence-electron chi connectivity index (χ3n) is 5.85. The first-order valence-corrected chi connectivity index (χ1v) is 11.4. The Morgan fingerprint density at radius 1 is 1.18 bits per heavy atom. The number of benzene rings is 1. The molecule has 1 saturated carbocycles. The van der Waals surface area contributed by atoms with Gasteiger partial charge in [0.05, 0.1) is 24.7 Å². The van der Waals surface area contributed by atoms with Crippen LogP contribution in [0.2, 0.25) is 0 Å². The second-order valence-corrected chi connectivity index (χ2v) is 10.6. The molecule has 1 aliphatic carbocycles. The largest absolute Gasteiger partial charge is 0.494 e. The number of hydrogen-bond acceptors (Lipinski definition) is 4. The van der Waals surface area contributed by atoms with E-state index in [-0.39, 0.29) is 46.7 Å². The fraction of sp³-hybridized carbons (Fsp3) is 0.571. The van der Waals surface area contributed by atoms with Crippen molar-refractivity contribution in [3.05, 3.63) is 41.0 Å². The van der Waals surface area contributed by atoms with Crippen LogP contribution in [0, 0.1) is 17.7 Å². The number of allylic oxidation sites excluding steroid dienone is 1. The third kappa shape index (κ3) is 4.29. The van der Waals surface area contributed by atoms with Crippen molar-refractivity contribution in [3.63, 3.8) is 0 Å². The molecule has 1 fully saturated rings. The molecule has 2 aliphatic rings. The summed E-state index contributed by atoms with van der Waals surface area (Å²) in [6.45, 7) is 3.70. The van der Waals surface area contributed by atoms with Crippen molar-refractivity contribution >= 4 is 15.5 Å². The summed E-state index contributed by atoms with van der Waals surface area (Å²) in [5.41, 5.74) is 1.26. The quantitative estimate of drug-likeness (QED) is 0.693.